The number of amides is 1. The number of anilines is 3. The highest BCUT2D eigenvalue weighted by atomic mass is 32.1. The number of carbonyl (C=O) groups is 2. The number of nitrogens with zero attached hydrogens (tertiary/aromatic N) is 1. The first-order chi connectivity index (χ1) is 14.6. The lowest BCUT2D eigenvalue weighted by Crippen LogP contribution is -2.11. The summed E-state index contributed by atoms with van der Waals surface area (Å²) in [5, 5.41) is 17.7. The van der Waals surface area contributed by atoms with E-state index in [0.29, 0.717) is 16.4 Å². The van der Waals surface area contributed by atoms with Gasteiger partial charge in [-0.25, -0.2) is 9.78 Å². The predicted molar refractivity (Wildman–Crippen MR) is 119 cm³/mol. The van der Waals surface area contributed by atoms with Crippen LogP contribution >= 0.6 is 11.3 Å². The van der Waals surface area contributed by atoms with Gasteiger partial charge in [0.25, 0.3) is 5.91 Å². The molecule has 3 aromatic carbocycles. The highest BCUT2D eigenvalue weighted by Crippen LogP contribution is 2.28. The van der Waals surface area contributed by atoms with Crippen LogP contribution in [0, 0.1) is 0 Å². The van der Waals surface area contributed by atoms with Gasteiger partial charge < -0.3 is 15.7 Å². The fraction of sp³-hybridized carbons (Fsp3) is 0. The van der Waals surface area contributed by atoms with Crippen LogP contribution in [0.5, 0.6) is 0 Å². The largest absolute Gasteiger partial charge is 0.478 e. The molecule has 0 aliphatic carbocycles. The van der Waals surface area contributed by atoms with Crippen LogP contribution in [0.1, 0.15) is 20.7 Å². The van der Waals surface area contributed by atoms with Crippen LogP contribution in [0.25, 0.3) is 11.3 Å². The van der Waals surface area contributed by atoms with Gasteiger partial charge in [-0.3, -0.25) is 4.79 Å². The zero-order valence-corrected chi connectivity index (χ0v) is 16.5. The predicted octanol–water partition coefficient (Wildman–Crippen LogP) is 5.50. The van der Waals surface area contributed by atoms with Crippen LogP contribution in [0.4, 0.5) is 16.5 Å². The number of aromatic nitrogens is 1. The fourth-order valence-corrected chi connectivity index (χ4v) is 3.57. The Kier molecular flexibility index (Phi) is 5.54. The van der Waals surface area contributed by atoms with Crippen LogP contribution in [0.3, 0.4) is 0 Å². The molecule has 0 saturated carbocycles. The molecule has 6 nitrogen and oxygen atoms in total. The minimum atomic E-state index is -0.961. The van der Waals surface area contributed by atoms with E-state index in [2.05, 4.69) is 15.6 Å². The van der Waals surface area contributed by atoms with Crippen molar-refractivity contribution < 1.29 is 14.7 Å². The van der Waals surface area contributed by atoms with E-state index in [1.54, 1.807) is 24.3 Å². The van der Waals surface area contributed by atoms with E-state index >= 15 is 0 Å². The minimum absolute atomic E-state index is 0.168. The molecule has 0 aliphatic rings. The third-order valence-electron chi connectivity index (χ3n) is 4.34. The van der Waals surface area contributed by atoms with Gasteiger partial charge in [0.15, 0.2) is 5.13 Å². The maximum Gasteiger partial charge on any atom is 0.335 e. The molecule has 0 fully saturated rings. The van der Waals surface area contributed by atoms with Crippen LogP contribution in [0.2, 0.25) is 0 Å². The Balaban J connectivity index is 1.47. The van der Waals surface area contributed by atoms with E-state index in [4.69, 9.17) is 5.11 Å². The average Bonchev–Trinajstić information content (AvgIpc) is 3.23. The van der Waals surface area contributed by atoms with Crippen molar-refractivity contribution in [3.05, 3.63) is 95.4 Å². The first kappa shape index (κ1) is 19.4. The molecule has 1 amide bonds. The van der Waals surface area contributed by atoms with Gasteiger partial charge in [-0.2, -0.15) is 0 Å². The van der Waals surface area contributed by atoms with Crippen LogP contribution < -0.4 is 10.6 Å². The molecule has 0 unspecified atom stereocenters. The number of carboxylic acid groups (broad SMARTS) is 1. The second kappa shape index (κ2) is 8.59. The molecule has 0 aliphatic heterocycles. The Morgan fingerprint density at radius 2 is 1.60 bits per heavy atom. The van der Waals surface area contributed by atoms with Gasteiger partial charge in [0.1, 0.15) is 0 Å². The molecule has 30 heavy (non-hydrogen) atoms. The number of hydrogen-bond donors (Lipinski definition) is 3. The summed E-state index contributed by atoms with van der Waals surface area (Å²) in [7, 11) is 0. The number of carbonyl (C=O) groups excluding carboxylic acids is 1. The molecule has 0 atom stereocenters. The average molecular weight is 415 g/mol. The van der Waals surface area contributed by atoms with Gasteiger partial charge in [0.05, 0.1) is 11.3 Å². The highest BCUT2D eigenvalue weighted by Gasteiger charge is 2.09. The number of nitrogens with one attached hydrogen (secondary N) is 2. The van der Waals surface area contributed by atoms with E-state index in [9.17, 15) is 9.59 Å². The highest BCUT2D eigenvalue weighted by molar-refractivity contribution is 7.14. The molecule has 1 heterocycles. The first-order valence-corrected chi connectivity index (χ1v) is 9.99. The van der Waals surface area contributed by atoms with Crippen LogP contribution in [-0.2, 0) is 0 Å². The number of benzene rings is 3. The Morgan fingerprint density at radius 3 is 2.33 bits per heavy atom. The monoisotopic (exact) mass is 415 g/mol. The van der Waals surface area contributed by atoms with Gasteiger partial charge in [-0.15, -0.1) is 11.3 Å². The summed E-state index contributed by atoms with van der Waals surface area (Å²) in [6.07, 6.45) is 0. The van der Waals surface area contributed by atoms with Gasteiger partial charge in [0, 0.05) is 27.9 Å². The first-order valence-electron chi connectivity index (χ1n) is 9.11. The summed E-state index contributed by atoms with van der Waals surface area (Å²) in [5.41, 5.74) is 3.93. The molecule has 0 spiro atoms. The third kappa shape index (κ3) is 4.53. The Morgan fingerprint density at radius 1 is 0.833 bits per heavy atom. The number of aromatic carboxylic acids is 1. The standard InChI is InChI=1S/C23H17N3O3S/c27-21(15-5-2-1-3-6-15)24-19-8-4-7-17(13-19)20-14-30-23(26-20)25-18-11-9-16(10-12-18)22(28)29/h1-14H,(H,24,27)(H,25,26)(H,28,29). The summed E-state index contributed by atoms with van der Waals surface area (Å²) in [4.78, 5) is 27.9. The molecular formula is C23H17N3O3S. The maximum absolute atomic E-state index is 12.4. The zero-order valence-electron chi connectivity index (χ0n) is 15.7. The fourth-order valence-electron chi connectivity index (χ4n) is 2.83. The van der Waals surface area contributed by atoms with Gasteiger partial charge in [-0.1, -0.05) is 30.3 Å². The van der Waals surface area contributed by atoms with Crippen molar-refractivity contribution in [2.45, 2.75) is 0 Å². The summed E-state index contributed by atoms with van der Waals surface area (Å²) >= 11 is 1.44. The quantitative estimate of drug-likeness (QED) is 0.387. The van der Waals surface area contributed by atoms with E-state index < -0.39 is 5.97 Å². The molecular weight excluding hydrogens is 398 g/mol. The molecule has 4 rings (SSSR count). The minimum Gasteiger partial charge on any atom is -0.478 e. The summed E-state index contributed by atoms with van der Waals surface area (Å²) in [5.74, 6) is -1.13. The van der Waals surface area contributed by atoms with Gasteiger partial charge in [-0.05, 0) is 48.5 Å². The van der Waals surface area contributed by atoms with Crippen molar-refractivity contribution >= 4 is 39.7 Å². The molecule has 7 heteroatoms. The molecule has 4 aromatic rings. The maximum atomic E-state index is 12.4. The van der Waals surface area contributed by atoms with Gasteiger partial charge >= 0.3 is 5.97 Å². The molecule has 0 saturated heterocycles. The topological polar surface area (TPSA) is 91.3 Å². The van der Waals surface area contributed by atoms with E-state index in [-0.39, 0.29) is 11.5 Å². The second-order valence-corrected chi connectivity index (χ2v) is 7.30. The molecule has 0 radical (unpaired) electrons. The summed E-state index contributed by atoms with van der Waals surface area (Å²) < 4.78 is 0. The van der Waals surface area contributed by atoms with E-state index in [1.807, 2.05) is 47.8 Å². The number of rotatable bonds is 6. The van der Waals surface area contributed by atoms with Crippen molar-refractivity contribution in [1.29, 1.82) is 0 Å². The van der Waals surface area contributed by atoms with Crippen molar-refractivity contribution in [3.63, 3.8) is 0 Å². The van der Waals surface area contributed by atoms with Crippen molar-refractivity contribution in [3.8, 4) is 11.3 Å². The van der Waals surface area contributed by atoms with Crippen LogP contribution in [-0.4, -0.2) is 22.0 Å². The molecule has 1 aromatic heterocycles. The van der Waals surface area contributed by atoms with Gasteiger partial charge in [0.2, 0.25) is 0 Å². The zero-order chi connectivity index (χ0) is 20.9. The van der Waals surface area contributed by atoms with Crippen molar-refractivity contribution in [2.24, 2.45) is 0 Å². The SMILES string of the molecule is O=C(O)c1ccc(Nc2nc(-c3cccc(NC(=O)c4ccccc4)c3)cs2)cc1. The lowest BCUT2D eigenvalue weighted by molar-refractivity contribution is 0.0696. The second-order valence-electron chi connectivity index (χ2n) is 6.45. The van der Waals surface area contributed by atoms with Crippen LogP contribution in [0.15, 0.2) is 84.2 Å². The Bertz CT molecular complexity index is 1190. The Hall–Kier alpha value is -3.97. The lowest BCUT2D eigenvalue weighted by atomic mass is 10.1. The normalized spacial score (nSPS) is 10.4. The summed E-state index contributed by atoms with van der Waals surface area (Å²) in [6, 6.07) is 23.0. The molecule has 0 bridgehead atoms. The number of carboxylic acids is 1. The van der Waals surface area contributed by atoms with E-state index in [1.165, 1.54) is 23.5 Å². The summed E-state index contributed by atoms with van der Waals surface area (Å²) in [6.45, 7) is 0. The lowest BCUT2D eigenvalue weighted by Gasteiger charge is -2.07. The number of hydrogen-bond acceptors (Lipinski definition) is 5. The van der Waals surface area contributed by atoms with Crippen molar-refractivity contribution in [1.82, 2.24) is 4.98 Å². The van der Waals surface area contributed by atoms with E-state index in [0.717, 1.165) is 16.9 Å². The molecule has 148 valence electrons. The Labute approximate surface area is 176 Å². The number of thiazole rings is 1. The molecule has 3 N–H and O–H groups in total. The van der Waals surface area contributed by atoms with Crippen molar-refractivity contribution in [2.75, 3.05) is 10.6 Å². The third-order valence-corrected chi connectivity index (χ3v) is 5.10. The smallest absolute Gasteiger partial charge is 0.335 e.